The molecule has 23 heavy (non-hydrogen) atoms. The molecule has 2 aromatic heterocycles. The van der Waals surface area contributed by atoms with E-state index >= 15 is 0 Å². The number of pyridine rings is 1. The summed E-state index contributed by atoms with van der Waals surface area (Å²) in [6.45, 7) is 0. The topological polar surface area (TPSA) is 74.0 Å². The molecule has 0 saturated heterocycles. The molecule has 0 saturated carbocycles. The fourth-order valence-electron chi connectivity index (χ4n) is 2.28. The van der Waals surface area contributed by atoms with Crippen LogP contribution in [-0.4, -0.2) is 15.7 Å². The third-order valence-electron chi connectivity index (χ3n) is 3.60. The van der Waals surface area contributed by atoms with Crippen molar-refractivity contribution in [2.75, 3.05) is 0 Å². The molecule has 0 aliphatic rings. The lowest BCUT2D eigenvalue weighted by Crippen LogP contribution is -2.28. The summed E-state index contributed by atoms with van der Waals surface area (Å²) in [5.41, 5.74) is 7.10. The van der Waals surface area contributed by atoms with E-state index in [9.17, 15) is 18.0 Å². The Morgan fingerprint density at radius 1 is 1.22 bits per heavy atom. The van der Waals surface area contributed by atoms with E-state index in [0.717, 1.165) is 6.20 Å². The number of fused-ring (bicyclic) bond motifs is 1. The van der Waals surface area contributed by atoms with Gasteiger partial charge >= 0.3 is 11.9 Å². The van der Waals surface area contributed by atoms with Crippen LogP contribution in [0.1, 0.15) is 11.6 Å². The van der Waals surface area contributed by atoms with Crippen molar-refractivity contribution in [3.8, 4) is 11.1 Å². The highest BCUT2D eigenvalue weighted by Gasteiger charge is 2.38. The molecule has 1 unspecified atom stereocenters. The van der Waals surface area contributed by atoms with Gasteiger partial charge in [0.05, 0.1) is 5.52 Å². The van der Waals surface area contributed by atoms with Gasteiger partial charge < -0.3 is 10.2 Å². The van der Waals surface area contributed by atoms with Crippen molar-refractivity contribution >= 4 is 11.1 Å². The molecule has 0 amide bonds. The van der Waals surface area contributed by atoms with Crippen LogP contribution in [0.15, 0.2) is 45.9 Å². The summed E-state index contributed by atoms with van der Waals surface area (Å²) >= 11 is 0. The first-order valence-electron chi connectivity index (χ1n) is 6.64. The number of oxazole rings is 1. The van der Waals surface area contributed by atoms with Crippen molar-refractivity contribution in [2.45, 2.75) is 12.2 Å². The Morgan fingerprint density at radius 3 is 2.65 bits per heavy atom. The Morgan fingerprint density at radius 2 is 1.96 bits per heavy atom. The second-order valence-corrected chi connectivity index (χ2v) is 5.14. The fraction of sp³-hybridized carbons (Fsp3) is 0.200. The number of rotatable bonds is 2. The minimum atomic E-state index is -4.54. The van der Waals surface area contributed by atoms with Crippen molar-refractivity contribution in [1.29, 1.82) is 0 Å². The number of benzene rings is 1. The van der Waals surface area contributed by atoms with Crippen molar-refractivity contribution < 1.29 is 17.6 Å². The van der Waals surface area contributed by atoms with Crippen LogP contribution in [0.3, 0.4) is 0 Å². The first-order valence-corrected chi connectivity index (χ1v) is 6.64. The molecule has 0 bridgehead atoms. The Kier molecular flexibility index (Phi) is 3.48. The second-order valence-electron chi connectivity index (χ2n) is 5.14. The summed E-state index contributed by atoms with van der Waals surface area (Å²) < 4.78 is 44.5. The monoisotopic (exact) mass is 323 g/mol. The second kappa shape index (κ2) is 5.24. The number of nitrogens with two attached hydrogens (primary N) is 1. The summed E-state index contributed by atoms with van der Waals surface area (Å²) in [5, 5.41) is 0. The SMILES string of the molecule is Cn1c(=O)oc2ccc(-c3cncc(C(N)C(F)(F)F)c3)cc21. The molecular weight excluding hydrogens is 311 g/mol. The predicted octanol–water partition coefficient (Wildman–Crippen LogP) is 2.76. The van der Waals surface area contributed by atoms with Gasteiger partial charge in [0.2, 0.25) is 0 Å². The van der Waals surface area contributed by atoms with E-state index in [1.165, 1.54) is 16.8 Å². The Bertz CT molecular complexity index is 928. The Balaban J connectivity index is 2.08. The van der Waals surface area contributed by atoms with Gasteiger partial charge in [-0.25, -0.2) is 4.79 Å². The van der Waals surface area contributed by atoms with Gasteiger partial charge in [-0.15, -0.1) is 0 Å². The first-order chi connectivity index (χ1) is 10.8. The highest BCUT2D eigenvalue weighted by atomic mass is 19.4. The van der Waals surface area contributed by atoms with E-state index in [1.807, 2.05) is 0 Å². The molecule has 2 N–H and O–H groups in total. The smallest absolute Gasteiger partial charge is 0.408 e. The van der Waals surface area contributed by atoms with E-state index in [-0.39, 0.29) is 5.56 Å². The van der Waals surface area contributed by atoms with Crippen molar-refractivity contribution in [3.63, 3.8) is 0 Å². The number of halogens is 3. The molecule has 2 heterocycles. The summed E-state index contributed by atoms with van der Waals surface area (Å²) in [6, 6.07) is 4.12. The predicted molar refractivity (Wildman–Crippen MR) is 77.7 cm³/mol. The first kappa shape index (κ1) is 15.3. The van der Waals surface area contributed by atoms with Gasteiger partial charge in [-0.3, -0.25) is 9.55 Å². The number of nitrogens with zero attached hydrogens (tertiary/aromatic N) is 2. The van der Waals surface area contributed by atoms with E-state index in [2.05, 4.69) is 4.98 Å². The molecule has 0 aliphatic heterocycles. The summed E-state index contributed by atoms with van der Waals surface area (Å²) in [4.78, 5) is 15.3. The number of aryl methyl sites for hydroxylation is 1. The van der Waals surface area contributed by atoms with Gasteiger partial charge in [0.1, 0.15) is 6.04 Å². The minimum absolute atomic E-state index is 0.129. The largest absolute Gasteiger partial charge is 0.419 e. The van der Waals surface area contributed by atoms with Crippen LogP contribution < -0.4 is 11.5 Å². The molecule has 1 aromatic carbocycles. The molecular formula is C15H12F3N3O2. The van der Waals surface area contributed by atoms with Gasteiger partial charge in [-0.1, -0.05) is 6.07 Å². The lowest BCUT2D eigenvalue weighted by molar-refractivity contribution is -0.149. The number of hydrogen-bond acceptors (Lipinski definition) is 4. The van der Waals surface area contributed by atoms with Crippen LogP contribution in [-0.2, 0) is 7.05 Å². The zero-order valence-electron chi connectivity index (χ0n) is 12.0. The summed E-state index contributed by atoms with van der Waals surface area (Å²) in [5.74, 6) is -0.511. The molecule has 120 valence electrons. The molecule has 0 radical (unpaired) electrons. The average Bonchev–Trinajstić information content (AvgIpc) is 2.80. The zero-order chi connectivity index (χ0) is 16.8. The maximum Gasteiger partial charge on any atom is 0.419 e. The normalized spacial score (nSPS) is 13.4. The molecule has 0 aliphatic carbocycles. The van der Waals surface area contributed by atoms with Crippen LogP contribution in [0.4, 0.5) is 13.2 Å². The van der Waals surface area contributed by atoms with Gasteiger partial charge in [-0.2, -0.15) is 13.2 Å². The van der Waals surface area contributed by atoms with Crippen molar-refractivity contribution in [3.05, 3.63) is 52.8 Å². The number of hydrogen-bond donors (Lipinski definition) is 1. The van der Waals surface area contributed by atoms with E-state index in [4.69, 9.17) is 10.2 Å². The van der Waals surface area contributed by atoms with Crippen LogP contribution in [0, 0.1) is 0 Å². The Labute approximate surface area is 128 Å². The summed E-state index contributed by atoms with van der Waals surface area (Å²) in [7, 11) is 1.55. The molecule has 0 spiro atoms. The van der Waals surface area contributed by atoms with Crippen molar-refractivity contribution in [1.82, 2.24) is 9.55 Å². The Hall–Kier alpha value is -2.61. The van der Waals surface area contributed by atoms with Crippen LogP contribution in [0.2, 0.25) is 0 Å². The zero-order valence-corrected chi connectivity index (χ0v) is 12.0. The molecule has 0 fully saturated rings. The van der Waals surface area contributed by atoms with Gasteiger partial charge in [-0.05, 0) is 29.3 Å². The third-order valence-corrected chi connectivity index (χ3v) is 3.60. The average molecular weight is 323 g/mol. The van der Waals surface area contributed by atoms with E-state index in [0.29, 0.717) is 22.2 Å². The van der Waals surface area contributed by atoms with Gasteiger partial charge in [0, 0.05) is 25.0 Å². The van der Waals surface area contributed by atoms with E-state index in [1.54, 1.807) is 25.2 Å². The molecule has 3 rings (SSSR count). The standard InChI is InChI=1S/C15H12F3N3O2/c1-21-11-5-8(2-3-12(11)23-14(21)22)9-4-10(7-20-6-9)13(19)15(16,17)18/h2-7,13H,19H2,1H3. The summed E-state index contributed by atoms with van der Waals surface area (Å²) in [6.07, 6.45) is -2.02. The highest BCUT2D eigenvalue weighted by Crippen LogP contribution is 2.32. The third kappa shape index (κ3) is 2.72. The fourth-order valence-corrected chi connectivity index (χ4v) is 2.28. The molecule has 5 nitrogen and oxygen atoms in total. The maximum atomic E-state index is 12.7. The lowest BCUT2D eigenvalue weighted by atomic mass is 10.0. The molecule has 8 heteroatoms. The van der Waals surface area contributed by atoms with Crippen LogP contribution in [0.5, 0.6) is 0 Å². The molecule has 3 aromatic rings. The van der Waals surface area contributed by atoms with Crippen LogP contribution in [0.25, 0.3) is 22.2 Å². The lowest BCUT2D eigenvalue weighted by Gasteiger charge is -2.16. The van der Waals surface area contributed by atoms with E-state index < -0.39 is 18.0 Å². The molecule has 1 atom stereocenters. The van der Waals surface area contributed by atoms with Crippen LogP contribution >= 0.6 is 0 Å². The van der Waals surface area contributed by atoms with Gasteiger partial charge in [0.15, 0.2) is 5.58 Å². The van der Waals surface area contributed by atoms with Gasteiger partial charge in [0.25, 0.3) is 0 Å². The number of alkyl halides is 3. The quantitative estimate of drug-likeness (QED) is 0.787. The minimum Gasteiger partial charge on any atom is -0.408 e. The number of aromatic nitrogens is 2. The van der Waals surface area contributed by atoms with Crippen molar-refractivity contribution in [2.24, 2.45) is 12.8 Å². The maximum absolute atomic E-state index is 12.7. The highest BCUT2D eigenvalue weighted by molar-refractivity contribution is 5.80.